The number of carbonyl (C=O) groups is 2. The summed E-state index contributed by atoms with van der Waals surface area (Å²) in [6, 6.07) is 1.67. The van der Waals surface area contributed by atoms with Crippen molar-refractivity contribution < 1.29 is 27.8 Å². The second-order valence-corrected chi connectivity index (χ2v) is 3.98. The van der Waals surface area contributed by atoms with Crippen LogP contribution in [0.25, 0.3) is 0 Å². The van der Waals surface area contributed by atoms with Crippen LogP contribution < -0.4 is 10.1 Å². The number of methoxy groups -OCH3 is 1. The summed E-state index contributed by atoms with van der Waals surface area (Å²) in [4.78, 5) is 22.0. The maximum Gasteiger partial charge on any atom is 0.260 e. The molecule has 5 nitrogen and oxygen atoms in total. The van der Waals surface area contributed by atoms with Gasteiger partial charge in [-0.3, -0.25) is 9.59 Å². The highest BCUT2D eigenvalue weighted by atomic mass is 19.1. The number of nitrogens with one attached hydrogen (secondary N) is 1. The SMILES string of the molecule is COCCNC(=O)C(C)Oc1c(F)cc(C=O)cc1F. The van der Waals surface area contributed by atoms with Crippen LogP contribution in [0, 0.1) is 11.6 Å². The summed E-state index contributed by atoms with van der Waals surface area (Å²) >= 11 is 0. The van der Waals surface area contributed by atoms with Crippen molar-refractivity contribution in [2.75, 3.05) is 20.3 Å². The van der Waals surface area contributed by atoms with Crippen LogP contribution in [-0.4, -0.2) is 38.6 Å². The minimum absolute atomic E-state index is 0.149. The molecule has 1 aromatic rings. The second kappa shape index (κ2) is 7.54. The molecule has 0 aliphatic heterocycles. The summed E-state index contributed by atoms with van der Waals surface area (Å²) in [5.41, 5.74) is -0.149. The Hall–Kier alpha value is -2.02. The Morgan fingerprint density at radius 2 is 2.00 bits per heavy atom. The van der Waals surface area contributed by atoms with Gasteiger partial charge in [0.05, 0.1) is 6.61 Å². The third-order valence-corrected chi connectivity index (χ3v) is 2.43. The van der Waals surface area contributed by atoms with E-state index in [4.69, 9.17) is 9.47 Å². The molecule has 0 heterocycles. The van der Waals surface area contributed by atoms with Crippen LogP contribution in [0.1, 0.15) is 17.3 Å². The van der Waals surface area contributed by atoms with Gasteiger partial charge in [0.15, 0.2) is 23.5 Å². The summed E-state index contributed by atoms with van der Waals surface area (Å²) in [7, 11) is 1.48. The van der Waals surface area contributed by atoms with Crippen molar-refractivity contribution >= 4 is 12.2 Å². The smallest absolute Gasteiger partial charge is 0.260 e. The minimum Gasteiger partial charge on any atom is -0.475 e. The number of hydrogen-bond donors (Lipinski definition) is 1. The van der Waals surface area contributed by atoms with E-state index in [0.29, 0.717) is 12.9 Å². The van der Waals surface area contributed by atoms with Crippen molar-refractivity contribution in [1.29, 1.82) is 0 Å². The molecule has 110 valence electrons. The van der Waals surface area contributed by atoms with Gasteiger partial charge in [-0.05, 0) is 19.1 Å². The fourth-order valence-corrected chi connectivity index (χ4v) is 1.41. The van der Waals surface area contributed by atoms with Crippen LogP contribution in [0.15, 0.2) is 12.1 Å². The first kappa shape index (κ1) is 16.0. The lowest BCUT2D eigenvalue weighted by Crippen LogP contribution is -2.38. The molecular weight excluding hydrogens is 272 g/mol. The number of amides is 1. The third-order valence-electron chi connectivity index (χ3n) is 2.43. The molecule has 1 aromatic carbocycles. The lowest BCUT2D eigenvalue weighted by atomic mass is 10.2. The fourth-order valence-electron chi connectivity index (χ4n) is 1.41. The van der Waals surface area contributed by atoms with Crippen molar-refractivity contribution in [2.45, 2.75) is 13.0 Å². The molecule has 1 amide bonds. The second-order valence-electron chi connectivity index (χ2n) is 3.98. The lowest BCUT2D eigenvalue weighted by molar-refractivity contribution is -0.127. The summed E-state index contributed by atoms with van der Waals surface area (Å²) in [5.74, 6) is -3.29. The predicted molar refractivity (Wildman–Crippen MR) is 66.7 cm³/mol. The topological polar surface area (TPSA) is 64.6 Å². The molecule has 20 heavy (non-hydrogen) atoms. The van der Waals surface area contributed by atoms with Gasteiger partial charge in [-0.15, -0.1) is 0 Å². The normalized spacial score (nSPS) is 11.8. The summed E-state index contributed by atoms with van der Waals surface area (Å²) in [6.45, 7) is 1.93. The third kappa shape index (κ3) is 4.27. The number of hydrogen-bond acceptors (Lipinski definition) is 4. The van der Waals surface area contributed by atoms with Crippen LogP contribution in [0.4, 0.5) is 8.78 Å². The van der Waals surface area contributed by atoms with Gasteiger partial charge in [0.2, 0.25) is 0 Å². The Balaban J connectivity index is 2.72. The van der Waals surface area contributed by atoms with Gasteiger partial charge in [-0.25, -0.2) is 8.78 Å². The summed E-state index contributed by atoms with van der Waals surface area (Å²) in [6.07, 6.45) is -0.769. The molecule has 0 fully saturated rings. The van der Waals surface area contributed by atoms with E-state index >= 15 is 0 Å². The Morgan fingerprint density at radius 3 is 2.50 bits per heavy atom. The molecule has 0 saturated heterocycles. The van der Waals surface area contributed by atoms with E-state index in [1.165, 1.54) is 14.0 Å². The number of halogens is 2. The molecule has 0 aromatic heterocycles. The molecule has 0 bridgehead atoms. The average Bonchev–Trinajstić information content (AvgIpc) is 2.42. The predicted octanol–water partition coefficient (Wildman–Crippen LogP) is 1.31. The summed E-state index contributed by atoms with van der Waals surface area (Å²) in [5, 5.41) is 2.48. The van der Waals surface area contributed by atoms with Crippen molar-refractivity contribution in [2.24, 2.45) is 0 Å². The van der Waals surface area contributed by atoms with Crippen LogP contribution in [0.2, 0.25) is 0 Å². The molecule has 0 aliphatic rings. The molecular formula is C13H15F2NO4. The zero-order chi connectivity index (χ0) is 15.1. The van der Waals surface area contributed by atoms with Gasteiger partial charge < -0.3 is 14.8 Å². The van der Waals surface area contributed by atoms with E-state index in [2.05, 4.69) is 5.32 Å². The summed E-state index contributed by atoms with van der Waals surface area (Å²) < 4.78 is 36.8. The number of ether oxygens (including phenoxy) is 2. The highest BCUT2D eigenvalue weighted by Gasteiger charge is 2.20. The van der Waals surface area contributed by atoms with E-state index in [9.17, 15) is 18.4 Å². The molecule has 0 aliphatic carbocycles. The highest BCUT2D eigenvalue weighted by Crippen LogP contribution is 2.23. The first-order valence-electron chi connectivity index (χ1n) is 5.87. The van der Waals surface area contributed by atoms with Gasteiger partial charge in [-0.1, -0.05) is 0 Å². The Labute approximate surface area is 114 Å². The molecule has 7 heteroatoms. The van der Waals surface area contributed by atoms with Crippen molar-refractivity contribution in [3.05, 3.63) is 29.3 Å². The monoisotopic (exact) mass is 287 g/mol. The van der Waals surface area contributed by atoms with Crippen molar-refractivity contribution in [1.82, 2.24) is 5.32 Å². The quantitative estimate of drug-likeness (QED) is 0.606. The number of benzene rings is 1. The van der Waals surface area contributed by atoms with Crippen molar-refractivity contribution in [3.8, 4) is 5.75 Å². The van der Waals surface area contributed by atoms with E-state index in [1.54, 1.807) is 0 Å². The molecule has 1 unspecified atom stereocenters. The molecule has 1 N–H and O–H groups in total. The molecule has 0 spiro atoms. The number of carbonyl (C=O) groups excluding carboxylic acids is 2. The molecule has 0 saturated carbocycles. The lowest BCUT2D eigenvalue weighted by Gasteiger charge is -2.15. The largest absolute Gasteiger partial charge is 0.475 e. The Morgan fingerprint density at radius 1 is 1.40 bits per heavy atom. The maximum atomic E-state index is 13.6. The maximum absolute atomic E-state index is 13.6. The molecule has 1 atom stereocenters. The van der Waals surface area contributed by atoms with Crippen LogP contribution in [0.5, 0.6) is 5.75 Å². The minimum atomic E-state index is -1.09. The van der Waals surface area contributed by atoms with Crippen LogP contribution in [-0.2, 0) is 9.53 Å². The number of aldehydes is 1. The fraction of sp³-hybridized carbons (Fsp3) is 0.385. The Bertz CT molecular complexity index is 470. The van der Waals surface area contributed by atoms with Gasteiger partial charge in [0.25, 0.3) is 5.91 Å². The zero-order valence-electron chi connectivity index (χ0n) is 11.1. The van der Waals surface area contributed by atoms with Crippen molar-refractivity contribution in [3.63, 3.8) is 0 Å². The van der Waals surface area contributed by atoms with Gasteiger partial charge in [0.1, 0.15) is 6.29 Å². The van der Waals surface area contributed by atoms with Crippen LogP contribution in [0.3, 0.4) is 0 Å². The van der Waals surface area contributed by atoms with Crippen LogP contribution >= 0.6 is 0 Å². The van der Waals surface area contributed by atoms with E-state index < -0.39 is 29.4 Å². The molecule has 1 rings (SSSR count). The van der Waals surface area contributed by atoms with E-state index in [1.807, 2.05) is 0 Å². The zero-order valence-corrected chi connectivity index (χ0v) is 11.1. The first-order chi connectivity index (χ1) is 9.49. The van der Waals surface area contributed by atoms with Gasteiger partial charge in [-0.2, -0.15) is 0 Å². The average molecular weight is 287 g/mol. The van der Waals surface area contributed by atoms with Gasteiger partial charge >= 0.3 is 0 Å². The number of rotatable bonds is 7. The molecule has 0 radical (unpaired) electrons. The highest BCUT2D eigenvalue weighted by molar-refractivity contribution is 5.80. The van der Waals surface area contributed by atoms with E-state index in [-0.39, 0.29) is 12.1 Å². The first-order valence-corrected chi connectivity index (χ1v) is 5.87. The Kier molecular flexibility index (Phi) is 6.05. The van der Waals surface area contributed by atoms with Gasteiger partial charge in [0, 0.05) is 19.2 Å². The standard InChI is InChI=1S/C13H15F2NO4/c1-8(13(18)16-3-4-19-2)20-12-10(14)5-9(7-17)6-11(12)15/h5-8H,3-4H2,1-2H3,(H,16,18). The van der Waals surface area contributed by atoms with E-state index in [0.717, 1.165) is 12.1 Å².